The summed E-state index contributed by atoms with van der Waals surface area (Å²) in [6.45, 7) is 0. The number of phenolic OH excluding ortho intramolecular Hbond substituents is 5. The first-order valence-electron chi connectivity index (χ1n) is 15.5. The van der Waals surface area contributed by atoms with Crippen LogP contribution in [0.1, 0.15) is 0 Å². The van der Waals surface area contributed by atoms with E-state index in [9.17, 15) is 25.5 Å². The third-order valence-electron chi connectivity index (χ3n) is 9.39. The van der Waals surface area contributed by atoms with E-state index in [1.807, 2.05) is 48.5 Å². The summed E-state index contributed by atoms with van der Waals surface area (Å²) in [5.41, 5.74) is 5.95. The predicted octanol–water partition coefficient (Wildman–Crippen LogP) is 10.6. The molecule has 0 unspecified atom stereocenters. The van der Waals surface area contributed by atoms with Crippen molar-refractivity contribution in [1.29, 1.82) is 0 Å². The van der Waals surface area contributed by atoms with Gasteiger partial charge in [0, 0.05) is 10.8 Å². The van der Waals surface area contributed by atoms with Crippen molar-refractivity contribution >= 4 is 54.3 Å². The van der Waals surface area contributed by atoms with E-state index in [0.717, 1.165) is 76.5 Å². The van der Waals surface area contributed by atoms with Gasteiger partial charge in [-0.25, -0.2) is 0 Å². The highest BCUT2D eigenvalue weighted by Crippen LogP contribution is 2.55. The molecule has 230 valence electrons. The zero-order valence-electron chi connectivity index (χ0n) is 25.3. The normalized spacial score (nSPS) is 11.8. The molecule has 0 saturated heterocycles. The van der Waals surface area contributed by atoms with Crippen molar-refractivity contribution in [2.24, 2.45) is 0 Å². The Morgan fingerprint density at radius 3 is 1.29 bits per heavy atom. The number of benzene rings is 8. The van der Waals surface area contributed by atoms with Gasteiger partial charge in [0.05, 0.1) is 5.56 Å². The van der Waals surface area contributed by atoms with Crippen LogP contribution >= 0.6 is 0 Å². The maximum atomic E-state index is 10.5. The average Bonchev–Trinajstić information content (AvgIpc) is 3.48. The SMILES string of the molecule is Oc1c(O)c(O)c(-c2ccc(-c3c4ccccc4c(-c4ccc5oc6cc7ccccc7cc6c5c4)c4ccccc34)cc2)c(O)c1O. The molecule has 0 aliphatic heterocycles. The summed E-state index contributed by atoms with van der Waals surface area (Å²) in [5.74, 6) is -4.27. The van der Waals surface area contributed by atoms with Gasteiger partial charge >= 0.3 is 0 Å². The fourth-order valence-corrected chi connectivity index (χ4v) is 7.13. The molecule has 0 saturated carbocycles. The summed E-state index contributed by atoms with van der Waals surface area (Å²) >= 11 is 0. The molecule has 48 heavy (non-hydrogen) atoms. The van der Waals surface area contributed by atoms with Crippen molar-refractivity contribution in [1.82, 2.24) is 0 Å². The summed E-state index contributed by atoms with van der Waals surface area (Å²) in [7, 11) is 0. The molecule has 9 rings (SSSR count). The van der Waals surface area contributed by atoms with Gasteiger partial charge in [-0.1, -0.05) is 103 Å². The van der Waals surface area contributed by atoms with Crippen LogP contribution in [-0.4, -0.2) is 25.5 Å². The number of rotatable bonds is 3. The van der Waals surface area contributed by atoms with Gasteiger partial charge in [0.25, 0.3) is 0 Å². The van der Waals surface area contributed by atoms with E-state index in [-0.39, 0.29) is 5.56 Å². The minimum Gasteiger partial charge on any atom is -0.504 e. The Balaban J connectivity index is 1.26. The van der Waals surface area contributed by atoms with Gasteiger partial charge in [0.15, 0.2) is 11.5 Å². The fourth-order valence-electron chi connectivity index (χ4n) is 7.13. The molecular weight excluding hydrogens is 600 g/mol. The molecular formula is C42H26O6. The van der Waals surface area contributed by atoms with Gasteiger partial charge < -0.3 is 29.9 Å². The molecule has 0 bridgehead atoms. The topological polar surface area (TPSA) is 114 Å². The molecule has 0 spiro atoms. The van der Waals surface area contributed by atoms with Crippen LogP contribution in [0.3, 0.4) is 0 Å². The second-order valence-corrected chi connectivity index (χ2v) is 12.0. The van der Waals surface area contributed by atoms with E-state index in [4.69, 9.17) is 4.42 Å². The van der Waals surface area contributed by atoms with Gasteiger partial charge in [-0.05, 0) is 84.4 Å². The highest BCUT2D eigenvalue weighted by Gasteiger charge is 2.25. The predicted molar refractivity (Wildman–Crippen MR) is 191 cm³/mol. The van der Waals surface area contributed by atoms with E-state index in [0.29, 0.717) is 5.56 Å². The minimum absolute atomic E-state index is 0.186. The Morgan fingerprint density at radius 2 is 0.729 bits per heavy atom. The second kappa shape index (κ2) is 10.2. The van der Waals surface area contributed by atoms with Gasteiger partial charge in [-0.3, -0.25) is 0 Å². The third-order valence-corrected chi connectivity index (χ3v) is 9.39. The van der Waals surface area contributed by atoms with Crippen LogP contribution < -0.4 is 0 Å². The number of aromatic hydroxyl groups is 5. The number of phenols is 5. The summed E-state index contributed by atoms with van der Waals surface area (Å²) < 4.78 is 6.31. The first-order valence-corrected chi connectivity index (χ1v) is 15.5. The smallest absolute Gasteiger partial charge is 0.208 e. The quantitative estimate of drug-likeness (QED) is 0.0757. The second-order valence-electron chi connectivity index (χ2n) is 12.0. The fraction of sp³-hybridized carbons (Fsp3) is 0. The van der Waals surface area contributed by atoms with E-state index in [2.05, 4.69) is 66.7 Å². The molecule has 0 fully saturated rings. The molecule has 8 aromatic carbocycles. The van der Waals surface area contributed by atoms with Crippen molar-refractivity contribution in [3.05, 3.63) is 127 Å². The van der Waals surface area contributed by atoms with Gasteiger partial charge in [-0.2, -0.15) is 0 Å². The van der Waals surface area contributed by atoms with Crippen LogP contribution in [0.15, 0.2) is 132 Å². The maximum absolute atomic E-state index is 10.5. The van der Waals surface area contributed by atoms with Crippen LogP contribution in [0.4, 0.5) is 0 Å². The van der Waals surface area contributed by atoms with Crippen molar-refractivity contribution in [3.8, 4) is 62.1 Å². The highest BCUT2D eigenvalue weighted by molar-refractivity contribution is 6.22. The molecule has 0 amide bonds. The summed E-state index contributed by atoms with van der Waals surface area (Å²) in [6, 6.07) is 42.7. The Hall–Kier alpha value is -6.66. The highest BCUT2D eigenvalue weighted by atomic mass is 16.4. The van der Waals surface area contributed by atoms with Crippen molar-refractivity contribution in [2.75, 3.05) is 0 Å². The van der Waals surface area contributed by atoms with E-state index in [1.165, 1.54) is 0 Å². The Morgan fingerprint density at radius 1 is 0.312 bits per heavy atom. The molecule has 6 nitrogen and oxygen atoms in total. The van der Waals surface area contributed by atoms with E-state index < -0.39 is 28.7 Å². The van der Waals surface area contributed by atoms with Gasteiger partial charge in [0.1, 0.15) is 11.2 Å². The molecule has 5 N–H and O–H groups in total. The largest absolute Gasteiger partial charge is 0.504 e. The molecule has 0 aliphatic carbocycles. The van der Waals surface area contributed by atoms with Crippen LogP contribution in [0.25, 0.3) is 87.6 Å². The Kier molecular flexibility index (Phi) is 5.86. The molecule has 6 heteroatoms. The molecule has 1 heterocycles. The van der Waals surface area contributed by atoms with Gasteiger partial charge in [-0.15, -0.1) is 0 Å². The lowest BCUT2D eigenvalue weighted by atomic mass is 9.85. The molecule has 0 atom stereocenters. The summed E-state index contributed by atoms with van der Waals surface area (Å²) in [6.07, 6.45) is 0. The third kappa shape index (κ3) is 3.93. The first-order chi connectivity index (χ1) is 23.4. The standard InChI is InChI=1S/C42H26O6/c43-38-37(39(44)41(46)42(47)40(38)45)23-15-13-22(14-16-23)35-27-9-3-5-11-29(27)36(30-12-6-4-10-28(30)35)26-17-18-33-31(20-26)32-19-24-7-1-2-8-25(24)21-34(32)48-33/h1-21,43-47H. The van der Waals surface area contributed by atoms with E-state index >= 15 is 0 Å². The van der Waals surface area contributed by atoms with Crippen LogP contribution in [-0.2, 0) is 0 Å². The molecule has 1 aromatic heterocycles. The number of fused-ring (bicyclic) bond motifs is 6. The summed E-state index contributed by atoms with van der Waals surface area (Å²) in [5, 5.41) is 59.8. The van der Waals surface area contributed by atoms with Crippen molar-refractivity contribution < 1.29 is 29.9 Å². The monoisotopic (exact) mass is 626 g/mol. The van der Waals surface area contributed by atoms with E-state index in [1.54, 1.807) is 12.1 Å². The van der Waals surface area contributed by atoms with Crippen LogP contribution in [0.2, 0.25) is 0 Å². The molecule has 9 aromatic rings. The Bertz CT molecular complexity index is 2690. The maximum Gasteiger partial charge on any atom is 0.208 e. The lowest BCUT2D eigenvalue weighted by molar-refractivity contribution is 0.330. The molecule has 0 aliphatic rings. The lowest BCUT2D eigenvalue weighted by Crippen LogP contribution is -1.91. The van der Waals surface area contributed by atoms with Crippen LogP contribution in [0.5, 0.6) is 28.7 Å². The number of furan rings is 1. The van der Waals surface area contributed by atoms with Gasteiger partial charge in [0.2, 0.25) is 17.2 Å². The number of hydrogen-bond acceptors (Lipinski definition) is 6. The van der Waals surface area contributed by atoms with Crippen molar-refractivity contribution in [3.63, 3.8) is 0 Å². The number of hydrogen-bond donors (Lipinski definition) is 5. The summed E-state index contributed by atoms with van der Waals surface area (Å²) in [4.78, 5) is 0. The van der Waals surface area contributed by atoms with Crippen molar-refractivity contribution in [2.45, 2.75) is 0 Å². The first kappa shape index (κ1) is 27.6. The van der Waals surface area contributed by atoms with Crippen LogP contribution in [0, 0.1) is 0 Å². The zero-order valence-corrected chi connectivity index (χ0v) is 25.3. The average molecular weight is 627 g/mol. The Labute approximate surface area is 273 Å². The zero-order chi connectivity index (χ0) is 32.7. The lowest BCUT2D eigenvalue weighted by Gasteiger charge is -2.18. The molecule has 0 radical (unpaired) electrons. The minimum atomic E-state index is -0.989.